The van der Waals surface area contributed by atoms with Gasteiger partial charge in [-0.3, -0.25) is 4.79 Å². The van der Waals surface area contributed by atoms with E-state index in [1.54, 1.807) is 0 Å². The van der Waals surface area contributed by atoms with Gasteiger partial charge in [-0.05, 0) is 31.7 Å². The maximum absolute atomic E-state index is 12.5. The molecule has 2 saturated carbocycles. The molecule has 0 aromatic heterocycles. The molecule has 1 aromatic carbocycles. The number of carbonyl (C=O) groups excluding carboxylic acids is 1. The van der Waals surface area contributed by atoms with Gasteiger partial charge in [0.2, 0.25) is 5.91 Å². The summed E-state index contributed by atoms with van der Waals surface area (Å²) < 4.78 is 5.96. The Balaban J connectivity index is 1.57. The Kier molecular flexibility index (Phi) is 5.57. The van der Waals surface area contributed by atoms with Gasteiger partial charge in [0.05, 0.1) is 6.10 Å². The summed E-state index contributed by atoms with van der Waals surface area (Å²) in [5.41, 5.74) is 7.37. The van der Waals surface area contributed by atoms with Gasteiger partial charge in [0.25, 0.3) is 0 Å². The summed E-state index contributed by atoms with van der Waals surface area (Å²) in [7, 11) is 0. The lowest BCUT2D eigenvalue weighted by molar-refractivity contribution is -0.157. The van der Waals surface area contributed by atoms with Crippen LogP contribution in [0.3, 0.4) is 0 Å². The van der Waals surface area contributed by atoms with E-state index in [-0.39, 0.29) is 23.4 Å². The number of carbonyl (C=O) groups is 1. The van der Waals surface area contributed by atoms with Crippen LogP contribution in [-0.4, -0.2) is 24.7 Å². The average molecular weight is 330 g/mol. The van der Waals surface area contributed by atoms with Crippen molar-refractivity contribution in [3.63, 3.8) is 0 Å². The van der Waals surface area contributed by atoms with Crippen molar-refractivity contribution < 1.29 is 9.53 Å². The van der Waals surface area contributed by atoms with E-state index < -0.39 is 0 Å². The zero-order valence-electron chi connectivity index (χ0n) is 14.7. The molecule has 4 nitrogen and oxygen atoms in total. The van der Waals surface area contributed by atoms with Crippen molar-refractivity contribution in [3.8, 4) is 0 Å². The van der Waals surface area contributed by atoms with E-state index in [9.17, 15) is 4.79 Å². The molecule has 3 N–H and O–H groups in total. The van der Waals surface area contributed by atoms with E-state index in [0.717, 1.165) is 18.6 Å². The highest BCUT2D eigenvalue weighted by atomic mass is 16.5. The van der Waals surface area contributed by atoms with Gasteiger partial charge in [-0.2, -0.15) is 0 Å². The molecule has 2 fully saturated rings. The summed E-state index contributed by atoms with van der Waals surface area (Å²) in [6, 6.07) is 9.86. The molecule has 3 unspecified atom stereocenters. The second-order valence-corrected chi connectivity index (χ2v) is 7.31. The molecule has 1 spiro atoms. The van der Waals surface area contributed by atoms with E-state index >= 15 is 0 Å². The summed E-state index contributed by atoms with van der Waals surface area (Å²) >= 11 is 0. The summed E-state index contributed by atoms with van der Waals surface area (Å²) in [6.45, 7) is 2.81. The van der Waals surface area contributed by atoms with E-state index in [1.165, 1.54) is 32.1 Å². The number of ether oxygens (including phenoxy) is 1. The van der Waals surface area contributed by atoms with Crippen molar-refractivity contribution in [2.45, 2.75) is 70.1 Å². The lowest BCUT2D eigenvalue weighted by Gasteiger charge is -2.57. The largest absolute Gasteiger partial charge is 0.378 e. The first kappa shape index (κ1) is 17.4. The van der Waals surface area contributed by atoms with E-state index in [1.807, 2.05) is 30.3 Å². The zero-order valence-corrected chi connectivity index (χ0v) is 14.7. The molecule has 2 aliphatic rings. The van der Waals surface area contributed by atoms with Crippen molar-refractivity contribution in [2.24, 2.45) is 11.1 Å². The predicted octanol–water partition coefficient (Wildman–Crippen LogP) is 3.32. The Morgan fingerprint density at radius 2 is 2.00 bits per heavy atom. The van der Waals surface area contributed by atoms with Gasteiger partial charge in [0.15, 0.2) is 0 Å². The topological polar surface area (TPSA) is 64.3 Å². The highest BCUT2D eigenvalue weighted by Gasteiger charge is 2.56. The molecule has 132 valence electrons. The van der Waals surface area contributed by atoms with Crippen molar-refractivity contribution in [2.75, 3.05) is 6.61 Å². The van der Waals surface area contributed by atoms with Gasteiger partial charge in [-0.1, -0.05) is 49.6 Å². The minimum atomic E-state index is -0.240. The van der Waals surface area contributed by atoms with Crippen LogP contribution < -0.4 is 11.1 Å². The number of rotatable bonds is 6. The molecule has 1 amide bonds. The fraction of sp³-hybridized carbons (Fsp3) is 0.650. The molecule has 2 aliphatic carbocycles. The van der Waals surface area contributed by atoms with Crippen molar-refractivity contribution in [3.05, 3.63) is 35.9 Å². The Hall–Kier alpha value is -1.39. The van der Waals surface area contributed by atoms with Crippen LogP contribution in [0.25, 0.3) is 0 Å². The first-order valence-electron chi connectivity index (χ1n) is 9.37. The minimum absolute atomic E-state index is 0.0660. The molecule has 3 rings (SSSR count). The van der Waals surface area contributed by atoms with Crippen LogP contribution in [0.15, 0.2) is 30.3 Å². The van der Waals surface area contributed by atoms with E-state index in [2.05, 4.69) is 12.2 Å². The SMILES string of the molecule is CCOC1CC(NC(=O)CC(N)c2ccccc2)C12CCCCC2. The first-order valence-corrected chi connectivity index (χ1v) is 9.37. The number of nitrogens with two attached hydrogens (primary N) is 1. The highest BCUT2D eigenvalue weighted by molar-refractivity contribution is 5.77. The summed E-state index contributed by atoms with van der Waals surface area (Å²) in [5.74, 6) is 0.0660. The van der Waals surface area contributed by atoms with Crippen LogP contribution >= 0.6 is 0 Å². The molecule has 0 radical (unpaired) electrons. The van der Waals surface area contributed by atoms with E-state index in [4.69, 9.17) is 10.5 Å². The lowest BCUT2D eigenvalue weighted by Crippen LogP contribution is -2.65. The second-order valence-electron chi connectivity index (χ2n) is 7.31. The highest BCUT2D eigenvalue weighted by Crippen LogP contribution is 2.53. The van der Waals surface area contributed by atoms with Crippen LogP contribution in [0.2, 0.25) is 0 Å². The van der Waals surface area contributed by atoms with Crippen molar-refractivity contribution in [1.82, 2.24) is 5.32 Å². The number of benzene rings is 1. The minimum Gasteiger partial charge on any atom is -0.378 e. The third kappa shape index (κ3) is 3.50. The summed E-state index contributed by atoms with van der Waals surface area (Å²) in [5, 5.41) is 3.27. The van der Waals surface area contributed by atoms with Crippen molar-refractivity contribution in [1.29, 1.82) is 0 Å². The van der Waals surface area contributed by atoms with Crippen LogP contribution in [-0.2, 0) is 9.53 Å². The predicted molar refractivity (Wildman–Crippen MR) is 95.5 cm³/mol. The molecule has 4 heteroatoms. The number of amides is 1. The molecule has 24 heavy (non-hydrogen) atoms. The molecule has 3 atom stereocenters. The Bertz CT molecular complexity index is 540. The van der Waals surface area contributed by atoms with Crippen LogP contribution in [0.5, 0.6) is 0 Å². The number of nitrogens with one attached hydrogen (secondary N) is 1. The van der Waals surface area contributed by atoms with Crippen LogP contribution in [0.4, 0.5) is 0 Å². The second kappa shape index (κ2) is 7.66. The first-order chi connectivity index (χ1) is 11.7. The van der Waals surface area contributed by atoms with Gasteiger partial charge in [-0.15, -0.1) is 0 Å². The average Bonchev–Trinajstić information content (AvgIpc) is 2.62. The monoisotopic (exact) mass is 330 g/mol. The van der Waals surface area contributed by atoms with Crippen LogP contribution in [0, 0.1) is 5.41 Å². The molecule has 0 heterocycles. The molecular formula is C20H30N2O2. The van der Waals surface area contributed by atoms with Crippen LogP contribution in [0.1, 0.15) is 63.5 Å². The molecular weight excluding hydrogens is 300 g/mol. The van der Waals surface area contributed by atoms with Gasteiger partial charge in [-0.25, -0.2) is 0 Å². The molecule has 0 bridgehead atoms. The normalized spacial score (nSPS) is 26.6. The summed E-state index contributed by atoms with van der Waals surface area (Å²) in [6.07, 6.45) is 7.76. The fourth-order valence-corrected chi connectivity index (χ4v) is 4.54. The van der Waals surface area contributed by atoms with E-state index in [0.29, 0.717) is 12.5 Å². The Labute approximate surface area is 145 Å². The summed E-state index contributed by atoms with van der Waals surface area (Å²) in [4.78, 5) is 12.5. The quantitative estimate of drug-likeness (QED) is 0.841. The van der Waals surface area contributed by atoms with Crippen molar-refractivity contribution >= 4 is 5.91 Å². The van der Waals surface area contributed by atoms with Gasteiger partial charge in [0.1, 0.15) is 0 Å². The van der Waals surface area contributed by atoms with Gasteiger partial charge >= 0.3 is 0 Å². The van der Waals surface area contributed by atoms with Gasteiger partial charge < -0.3 is 15.8 Å². The Morgan fingerprint density at radius 3 is 2.67 bits per heavy atom. The number of hydrogen-bond donors (Lipinski definition) is 2. The van der Waals surface area contributed by atoms with Gasteiger partial charge in [0, 0.05) is 30.5 Å². The standard InChI is InChI=1S/C20H30N2O2/c1-2-24-18-14-17(20(18)11-7-4-8-12-20)22-19(23)13-16(21)15-9-5-3-6-10-15/h3,5-6,9-10,16-18H,2,4,7-8,11-14,21H2,1H3,(H,22,23). The third-order valence-electron chi connectivity index (χ3n) is 5.91. The lowest BCUT2D eigenvalue weighted by atomic mass is 9.55. The smallest absolute Gasteiger partial charge is 0.222 e. The molecule has 0 saturated heterocycles. The zero-order chi connectivity index (χ0) is 17.0. The number of hydrogen-bond acceptors (Lipinski definition) is 3. The maximum atomic E-state index is 12.5. The Morgan fingerprint density at radius 1 is 1.29 bits per heavy atom. The fourth-order valence-electron chi connectivity index (χ4n) is 4.54. The molecule has 1 aromatic rings. The molecule has 0 aliphatic heterocycles. The maximum Gasteiger partial charge on any atom is 0.222 e. The third-order valence-corrected chi connectivity index (χ3v) is 5.91.